The quantitative estimate of drug-likeness (QED) is 0.532. The van der Waals surface area contributed by atoms with Crippen LogP contribution in [-0.2, 0) is 9.59 Å². The number of rotatable bonds is 5. The fraction of sp³-hybridized carbons (Fsp3) is 0.400. The highest BCUT2D eigenvalue weighted by atomic mass is 32.2. The molecule has 7 nitrogen and oxygen atoms in total. The normalized spacial score (nSPS) is 9.89. The van der Waals surface area contributed by atoms with Gasteiger partial charge in [-0.25, -0.2) is 4.98 Å². The van der Waals surface area contributed by atoms with Gasteiger partial charge in [0.2, 0.25) is 11.8 Å². The van der Waals surface area contributed by atoms with Crippen molar-refractivity contribution in [2.75, 3.05) is 26.4 Å². The molecule has 18 heavy (non-hydrogen) atoms. The molecule has 0 saturated carbocycles. The van der Waals surface area contributed by atoms with Gasteiger partial charge >= 0.3 is 0 Å². The minimum atomic E-state index is -0.290. The zero-order chi connectivity index (χ0) is 13.5. The summed E-state index contributed by atoms with van der Waals surface area (Å²) in [7, 11) is 3.23. The Morgan fingerprint density at radius 2 is 2.22 bits per heavy atom. The molecule has 0 atom stereocenters. The Balaban J connectivity index is 2.33. The van der Waals surface area contributed by atoms with Crippen LogP contribution in [-0.4, -0.2) is 53.1 Å². The van der Waals surface area contributed by atoms with Gasteiger partial charge < -0.3 is 15.2 Å². The third-order valence-electron chi connectivity index (χ3n) is 1.92. The lowest BCUT2D eigenvalue weighted by atomic mass is 10.5. The first-order valence-corrected chi connectivity index (χ1v) is 6.12. The SMILES string of the molecule is CN(C)C(=O)CNC(=O)CSc1nccc(=O)[nH]1. The Bertz CT molecular complexity index is 486. The number of nitrogens with one attached hydrogen (secondary N) is 2. The van der Waals surface area contributed by atoms with Gasteiger partial charge in [-0.15, -0.1) is 0 Å². The molecule has 1 aromatic heterocycles. The summed E-state index contributed by atoms with van der Waals surface area (Å²) < 4.78 is 0. The van der Waals surface area contributed by atoms with Gasteiger partial charge in [0.05, 0.1) is 12.3 Å². The fourth-order valence-electron chi connectivity index (χ4n) is 0.943. The van der Waals surface area contributed by atoms with Crippen molar-refractivity contribution in [3.63, 3.8) is 0 Å². The van der Waals surface area contributed by atoms with Crippen molar-refractivity contribution in [3.8, 4) is 0 Å². The van der Waals surface area contributed by atoms with Crippen molar-refractivity contribution < 1.29 is 9.59 Å². The minimum absolute atomic E-state index is 0.0366. The molecule has 0 aromatic carbocycles. The Kier molecular flexibility index (Phi) is 5.37. The van der Waals surface area contributed by atoms with Crippen LogP contribution >= 0.6 is 11.8 Å². The molecule has 0 aliphatic heterocycles. The number of amides is 2. The Hall–Kier alpha value is -1.83. The number of carbonyl (C=O) groups is 2. The van der Waals surface area contributed by atoms with E-state index in [9.17, 15) is 14.4 Å². The van der Waals surface area contributed by atoms with Crippen molar-refractivity contribution in [2.45, 2.75) is 5.16 Å². The van der Waals surface area contributed by atoms with Crippen LogP contribution in [0, 0.1) is 0 Å². The third-order valence-corrected chi connectivity index (χ3v) is 2.81. The van der Waals surface area contributed by atoms with Gasteiger partial charge in [0.25, 0.3) is 5.56 Å². The molecule has 1 aromatic rings. The maximum atomic E-state index is 11.4. The van der Waals surface area contributed by atoms with Crippen LogP contribution < -0.4 is 10.9 Å². The molecule has 0 spiro atoms. The van der Waals surface area contributed by atoms with Crippen LogP contribution in [0.3, 0.4) is 0 Å². The lowest BCUT2D eigenvalue weighted by Crippen LogP contribution is -2.37. The van der Waals surface area contributed by atoms with Crippen molar-refractivity contribution in [3.05, 3.63) is 22.6 Å². The summed E-state index contributed by atoms with van der Waals surface area (Å²) in [4.78, 5) is 41.3. The van der Waals surface area contributed by atoms with Crippen LogP contribution in [0.1, 0.15) is 0 Å². The molecule has 1 heterocycles. The summed E-state index contributed by atoms with van der Waals surface area (Å²) in [6, 6.07) is 1.29. The van der Waals surface area contributed by atoms with E-state index in [2.05, 4.69) is 15.3 Å². The van der Waals surface area contributed by atoms with E-state index in [-0.39, 0.29) is 29.7 Å². The second-order valence-corrected chi connectivity index (χ2v) is 4.56. The number of hydrogen-bond acceptors (Lipinski definition) is 5. The van der Waals surface area contributed by atoms with Crippen LogP contribution in [0.25, 0.3) is 0 Å². The maximum Gasteiger partial charge on any atom is 0.251 e. The predicted molar refractivity (Wildman–Crippen MR) is 67.3 cm³/mol. The van der Waals surface area contributed by atoms with E-state index in [1.54, 1.807) is 14.1 Å². The van der Waals surface area contributed by atoms with E-state index in [1.807, 2.05) is 0 Å². The monoisotopic (exact) mass is 270 g/mol. The van der Waals surface area contributed by atoms with E-state index in [4.69, 9.17) is 0 Å². The summed E-state index contributed by atoms with van der Waals surface area (Å²) in [6.45, 7) is -0.0366. The van der Waals surface area contributed by atoms with E-state index in [1.165, 1.54) is 17.2 Å². The van der Waals surface area contributed by atoms with Crippen LogP contribution in [0.15, 0.2) is 22.2 Å². The molecule has 0 saturated heterocycles. The smallest absolute Gasteiger partial charge is 0.251 e. The van der Waals surface area contributed by atoms with Crippen molar-refractivity contribution in [1.29, 1.82) is 0 Å². The number of hydrogen-bond donors (Lipinski definition) is 2. The Morgan fingerprint density at radius 3 is 2.83 bits per heavy atom. The van der Waals surface area contributed by atoms with Gasteiger partial charge in [-0.3, -0.25) is 14.4 Å². The number of aromatic amines is 1. The molecule has 2 amide bonds. The average Bonchev–Trinajstić information content (AvgIpc) is 2.33. The first-order valence-electron chi connectivity index (χ1n) is 5.14. The van der Waals surface area contributed by atoms with E-state index >= 15 is 0 Å². The molecule has 8 heteroatoms. The van der Waals surface area contributed by atoms with Gasteiger partial charge in [0.1, 0.15) is 0 Å². The predicted octanol–water partition coefficient (Wildman–Crippen LogP) is -0.934. The summed E-state index contributed by atoms with van der Waals surface area (Å²) in [5, 5.41) is 2.85. The molecule has 0 unspecified atom stereocenters. The molecule has 0 bridgehead atoms. The lowest BCUT2D eigenvalue weighted by molar-refractivity contribution is -0.130. The second kappa shape index (κ2) is 6.80. The summed E-state index contributed by atoms with van der Waals surface area (Å²) >= 11 is 1.10. The number of H-pyrrole nitrogens is 1. The van der Waals surface area contributed by atoms with E-state index in [0.717, 1.165) is 11.8 Å². The summed E-state index contributed by atoms with van der Waals surface area (Å²) in [6.07, 6.45) is 1.37. The zero-order valence-corrected chi connectivity index (χ0v) is 10.9. The van der Waals surface area contributed by atoms with Gasteiger partial charge in [0, 0.05) is 26.4 Å². The first kappa shape index (κ1) is 14.2. The molecule has 0 radical (unpaired) electrons. The van der Waals surface area contributed by atoms with E-state index < -0.39 is 0 Å². The molecular formula is C10H14N4O3S. The average molecular weight is 270 g/mol. The molecular weight excluding hydrogens is 256 g/mol. The van der Waals surface area contributed by atoms with Crippen molar-refractivity contribution >= 4 is 23.6 Å². The highest BCUT2D eigenvalue weighted by Crippen LogP contribution is 2.08. The van der Waals surface area contributed by atoms with Crippen molar-refractivity contribution in [2.24, 2.45) is 0 Å². The molecule has 1 rings (SSSR count). The van der Waals surface area contributed by atoms with Crippen molar-refractivity contribution in [1.82, 2.24) is 20.2 Å². The minimum Gasteiger partial charge on any atom is -0.347 e. The summed E-state index contributed by atoms with van der Waals surface area (Å²) in [5.74, 6) is -0.380. The van der Waals surface area contributed by atoms with Crippen LogP contribution in [0.4, 0.5) is 0 Å². The van der Waals surface area contributed by atoms with Gasteiger partial charge in [-0.2, -0.15) is 0 Å². The third kappa shape index (κ3) is 5.00. The number of likely N-dealkylation sites (N-methyl/N-ethyl adjacent to an activating group) is 1. The highest BCUT2D eigenvalue weighted by Gasteiger charge is 2.08. The topological polar surface area (TPSA) is 95.2 Å². The number of carbonyl (C=O) groups excluding carboxylic acids is 2. The van der Waals surface area contributed by atoms with E-state index in [0.29, 0.717) is 5.16 Å². The molecule has 0 aliphatic carbocycles. The standard InChI is InChI=1S/C10H14N4O3S/c1-14(2)9(17)5-12-8(16)6-18-10-11-4-3-7(15)13-10/h3-4H,5-6H2,1-2H3,(H,12,16)(H,11,13,15). The molecule has 98 valence electrons. The molecule has 0 aliphatic rings. The van der Waals surface area contributed by atoms with Gasteiger partial charge in [-0.05, 0) is 0 Å². The number of nitrogens with zero attached hydrogens (tertiary/aromatic N) is 2. The van der Waals surface area contributed by atoms with Crippen LogP contribution in [0.5, 0.6) is 0 Å². The van der Waals surface area contributed by atoms with Crippen LogP contribution in [0.2, 0.25) is 0 Å². The largest absolute Gasteiger partial charge is 0.347 e. The lowest BCUT2D eigenvalue weighted by Gasteiger charge is -2.10. The summed E-state index contributed by atoms with van der Waals surface area (Å²) in [5.41, 5.74) is -0.268. The Morgan fingerprint density at radius 1 is 1.50 bits per heavy atom. The number of thioether (sulfide) groups is 1. The molecule has 2 N–H and O–H groups in total. The highest BCUT2D eigenvalue weighted by molar-refractivity contribution is 7.99. The maximum absolute atomic E-state index is 11.4. The first-order chi connectivity index (χ1) is 8.49. The second-order valence-electron chi connectivity index (χ2n) is 3.59. The van der Waals surface area contributed by atoms with Gasteiger partial charge in [-0.1, -0.05) is 11.8 Å². The number of aromatic nitrogens is 2. The zero-order valence-electron chi connectivity index (χ0n) is 10.1. The van der Waals surface area contributed by atoms with Gasteiger partial charge in [0.15, 0.2) is 5.16 Å². The fourth-order valence-corrected chi connectivity index (χ4v) is 1.62. The molecule has 0 fully saturated rings. The Labute approximate surface area is 108 Å².